The Labute approximate surface area is 154 Å². The lowest BCUT2D eigenvalue weighted by Crippen LogP contribution is -2.27. The Balaban J connectivity index is 2.14. The molecule has 1 atom stereocenters. The fraction of sp³-hybridized carbons (Fsp3) is 0.381. The van der Waals surface area contributed by atoms with Gasteiger partial charge in [-0.15, -0.1) is 0 Å². The molecule has 3 nitrogen and oxygen atoms in total. The number of hydrogen-bond acceptors (Lipinski definition) is 3. The maximum absolute atomic E-state index is 14.4. The van der Waals surface area contributed by atoms with Gasteiger partial charge in [0.05, 0.1) is 11.3 Å². The second kappa shape index (κ2) is 9.30. The lowest BCUT2D eigenvalue weighted by Gasteiger charge is -2.23. The van der Waals surface area contributed by atoms with Crippen molar-refractivity contribution in [3.63, 3.8) is 0 Å². The standard InChI is InChI=1S/C21H25F2N3/c1-15-12-17(14-24)21(20(23)13-15)25-19(10-11-26(2)3)9-6-16-4-7-18(22)8-5-16/h4-5,7-8,12-13,19,25H,6,9-11H2,1-3H3. The summed E-state index contributed by atoms with van der Waals surface area (Å²) >= 11 is 0. The van der Waals surface area contributed by atoms with Crippen molar-refractivity contribution in [2.75, 3.05) is 26.0 Å². The Bertz CT molecular complexity index is 764. The molecule has 2 aromatic rings. The van der Waals surface area contributed by atoms with Crippen LogP contribution in [0.25, 0.3) is 0 Å². The molecule has 0 heterocycles. The first-order valence-electron chi connectivity index (χ1n) is 8.75. The first kappa shape index (κ1) is 19.9. The number of hydrogen-bond donors (Lipinski definition) is 1. The van der Waals surface area contributed by atoms with E-state index in [9.17, 15) is 14.0 Å². The Morgan fingerprint density at radius 2 is 1.81 bits per heavy atom. The number of nitriles is 1. The average Bonchev–Trinajstić information content (AvgIpc) is 2.60. The molecule has 0 aliphatic heterocycles. The predicted octanol–water partition coefficient (Wildman–Crippen LogP) is 4.51. The highest BCUT2D eigenvalue weighted by atomic mass is 19.1. The van der Waals surface area contributed by atoms with Crippen molar-refractivity contribution < 1.29 is 8.78 Å². The molecule has 0 aliphatic rings. The summed E-state index contributed by atoms with van der Waals surface area (Å²) in [6, 6.07) is 11.6. The van der Waals surface area contributed by atoms with Crippen molar-refractivity contribution in [2.45, 2.75) is 32.2 Å². The molecule has 0 aromatic heterocycles. The van der Waals surface area contributed by atoms with Gasteiger partial charge in [0, 0.05) is 6.04 Å². The second-order valence-corrected chi connectivity index (χ2v) is 6.88. The molecule has 0 saturated heterocycles. The van der Waals surface area contributed by atoms with Crippen molar-refractivity contribution in [3.8, 4) is 6.07 Å². The van der Waals surface area contributed by atoms with E-state index in [0.717, 1.165) is 36.9 Å². The zero-order valence-electron chi connectivity index (χ0n) is 15.5. The summed E-state index contributed by atoms with van der Waals surface area (Å²) in [6.45, 7) is 2.61. The summed E-state index contributed by atoms with van der Waals surface area (Å²) in [4.78, 5) is 2.07. The molecule has 2 rings (SSSR count). The van der Waals surface area contributed by atoms with Gasteiger partial charge >= 0.3 is 0 Å². The molecule has 26 heavy (non-hydrogen) atoms. The molecule has 2 aromatic carbocycles. The van der Waals surface area contributed by atoms with Crippen LogP contribution in [0.1, 0.15) is 29.5 Å². The molecule has 0 spiro atoms. The van der Waals surface area contributed by atoms with E-state index in [4.69, 9.17) is 0 Å². The van der Waals surface area contributed by atoms with Gasteiger partial charge in [0.25, 0.3) is 0 Å². The molecule has 1 N–H and O–H groups in total. The van der Waals surface area contributed by atoms with Gasteiger partial charge in [-0.3, -0.25) is 0 Å². The molecule has 138 valence electrons. The molecule has 0 amide bonds. The molecular weight excluding hydrogens is 332 g/mol. The van der Waals surface area contributed by atoms with Gasteiger partial charge in [0.1, 0.15) is 17.7 Å². The summed E-state index contributed by atoms with van der Waals surface area (Å²) in [7, 11) is 3.98. The van der Waals surface area contributed by atoms with E-state index < -0.39 is 5.82 Å². The smallest absolute Gasteiger partial charge is 0.147 e. The Morgan fingerprint density at radius 3 is 2.42 bits per heavy atom. The van der Waals surface area contributed by atoms with Crippen molar-refractivity contribution in [2.24, 2.45) is 0 Å². The highest BCUT2D eigenvalue weighted by Crippen LogP contribution is 2.24. The molecule has 0 bridgehead atoms. The quantitative estimate of drug-likeness (QED) is 0.755. The summed E-state index contributed by atoms with van der Waals surface area (Å²) < 4.78 is 27.5. The number of anilines is 1. The van der Waals surface area contributed by atoms with Crippen molar-refractivity contribution in [1.29, 1.82) is 5.26 Å². The summed E-state index contributed by atoms with van der Waals surface area (Å²) in [6.07, 6.45) is 2.32. The first-order chi connectivity index (χ1) is 12.4. The zero-order chi connectivity index (χ0) is 19.1. The maximum Gasteiger partial charge on any atom is 0.147 e. The zero-order valence-corrected chi connectivity index (χ0v) is 15.5. The van der Waals surface area contributed by atoms with Gasteiger partial charge in [0.15, 0.2) is 0 Å². The number of rotatable bonds is 8. The molecule has 0 radical (unpaired) electrons. The average molecular weight is 357 g/mol. The van der Waals surface area contributed by atoms with Crippen molar-refractivity contribution in [3.05, 3.63) is 64.7 Å². The molecular formula is C21H25F2N3. The van der Waals surface area contributed by atoms with Gasteiger partial charge in [-0.2, -0.15) is 5.26 Å². The van der Waals surface area contributed by atoms with Gasteiger partial charge in [-0.1, -0.05) is 12.1 Å². The highest BCUT2D eigenvalue weighted by Gasteiger charge is 2.16. The summed E-state index contributed by atoms with van der Waals surface area (Å²) in [5.74, 6) is -0.658. The number of nitrogens with one attached hydrogen (secondary N) is 1. The number of aryl methyl sites for hydroxylation is 2. The third-order valence-corrected chi connectivity index (χ3v) is 4.32. The van der Waals surface area contributed by atoms with Crippen molar-refractivity contribution >= 4 is 5.69 Å². The van der Waals surface area contributed by atoms with Gasteiger partial charge in [0.2, 0.25) is 0 Å². The van der Waals surface area contributed by atoms with Gasteiger partial charge in [-0.25, -0.2) is 8.78 Å². The molecule has 0 saturated carbocycles. The van der Waals surface area contributed by atoms with E-state index >= 15 is 0 Å². The monoisotopic (exact) mass is 357 g/mol. The molecule has 0 aliphatic carbocycles. The first-order valence-corrected chi connectivity index (χ1v) is 8.75. The van der Waals surface area contributed by atoms with Gasteiger partial charge in [-0.05, 0) is 82.2 Å². The lowest BCUT2D eigenvalue weighted by molar-refractivity contribution is 0.381. The normalized spacial score (nSPS) is 12.0. The van der Waals surface area contributed by atoms with Crippen LogP contribution in [0.5, 0.6) is 0 Å². The maximum atomic E-state index is 14.4. The van der Waals surface area contributed by atoms with Crippen LogP contribution in [-0.4, -0.2) is 31.6 Å². The van der Waals surface area contributed by atoms with Crippen LogP contribution < -0.4 is 5.32 Å². The van der Waals surface area contributed by atoms with Crippen LogP contribution in [-0.2, 0) is 6.42 Å². The molecule has 5 heteroatoms. The minimum atomic E-state index is -0.404. The van der Waals surface area contributed by atoms with Crippen LogP contribution in [0.4, 0.5) is 14.5 Å². The molecule has 0 fully saturated rings. The minimum Gasteiger partial charge on any atom is -0.379 e. The van der Waals surface area contributed by atoms with E-state index in [1.54, 1.807) is 25.1 Å². The van der Waals surface area contributed by atoms with Crippen LogP contribution in [0.3, 0.4) is 0 Å². The van der Waals surface area contributed by atoms with Crippen LogP contribution in [0, 0.1) is 29.9 Å². The second-order valence-electron chi connectivity index (χ2n) is 6.88. The Hall–Kier alpha value is -2.45. The fourth-order valence-electron chi connectivity index (χ4n) is 2.88. The van der Waals surface area contributed by atoms with E-state index in [0.29, 0.717) is 5.56 Å². The number of benzene rings is 2. The largest absolute Gasteiger partial charge is 0.379 e. The third kappa shape index (κ3) is 5.82. The Kier molecular flexibility index (Phi) is 7.11. The topological polar surface area (TPSA) is 39.1 Å². The highest BCUT2D eigenvalue weighted by molar-refractivity contribution is 5.60. The summed E-state index contributed by atoms with van der Waals surface area (Å²) in [5, 5.41) is 12.6. The van der Waals surface area contributed by atoms with E-state index in [-0.39, 0.29) is 17.5 Å². The SMILES string of the molecule is Cc1cc(F)c(NC(CCc2ccc(F)cc2)CCN(C)C)c(C#N)c1. The van der Waals surface area contributed by atoms with Crippen LogP contribution in [0.2, 0.25) is 0 Å². The summed E-state index contributed by atoms with van der Waals surface area (Å²) in [5.41, 5.74) is 2.34. The minimum absolute atomic E-state index is 0.00626. The Morgan fingerprint density at radius 1 is 1.12 bits per heavy atom. The fourth-order valence-corrected chi connectivity index (χ4v) is 2.88. The predicted molar refractivity (Wildman–Crippen MR) is 101 cm³/mol. The van der Waals surface area contributed by atoms with E-state index in [1.807, 2.05) is 14.1 Å². The van der Waals surface area contributed by atoms with Crippen LogP contribution in [0.15, 0.2) is 36.4 Å². The lowest BCUT2D eigenvalue weighted by atomic mass is 10.0. The van der Waals surface area contributed by atoms with Gasteiger partial charge < -0.3 is 10.2 Å². The van der Waals surface area contributed by atoms with Crippen molar-refractivity contribution in [1.82, 2.24) is 4.90 Å². The number of nitrogens with zero attached hydrogens (tertiary/aromatic N) is 2. The van der Waals surface area contributed by atoms with E-state index in [1.165, 1.54) is 18.2 Å². The van der Waals surface area contributed by atoms with E-state index in [2.05, 4.69) is 16.3 Å². The molecule has 1 unspecified atom stereocenters. The van der Waals surface area contributed by atoms with Crippen LogP contribution >= 0.6 is 0 Å². The number of halogens is 2. The third-order valence-electron chi connectivity index (χ3n) is 4.32.